The first kappa shape index (κ1) is 8.87. The van der Waals surface area contributed by atoms with E-state index in [-0.39, 0.29) is 0 Å². The second kappa shape index (κ2) is 3.57. The molecule has 0 amide bonds. The summed E-state index contributed by atoms with van der Waals surface area (Å²) in [5.41, 5.74) is 4.35. The lowest BCUT2D eigenvalue weighted by Crippen LogP contribution is -2.01. The fourth-order valence-electron chi connectivity index (χ4n) is 1.47. The standard InChI is InChI=1S/C10H14N4/c1-7-10(8(2)14-13-7)12-6-9-4-3-5-11-9/h3-5,11-12H,6H2,1-2H3,(H,13,14). The molecule has 0 radical (unpaired) electrons. The van der Waals surface area contributed by atoms with Gasteiger partial charge in [-0.2, -0.15) is 5.10 Å². The molecule has 0 aliphatic carbocycles. The van der Waals surface area contributed by atoms with Crippen molar-refractivity contribution in [2.75, 3.05) is 5.32 Å². The molecule has 0 bridgehead atoms. The Balaban J connectivity index is 2.05. The van der Waals surface area contributed by atoms with Crippen LogP contribution in [0.1, 0.15) is 17.1 Å². The second-order valence-electron chi connectivity index (χ2n) is 3.36. The Morgan fingerprint density at radius 2 is 2.29 bits per heavy atom. The first-order valence-corrected chi connectivity index (χ1v) is 4.65. The van der Waals surface area contributed by atoms with Crippen molar-refractivity contribution in [3.63, 3.8) is 0 Å². The monoisotopic (exact) mass is 190 g/mol. The van der Waals surface area contributed by atoms with E-state index in [1.165, 1.54) is 5.69 Å². The minimum Gasteiger partial charge on any atom is -0.377 e. The number of aryl methyl sites for hydroxylation is 2. The predicted molar refractivity (Wildman–Crippen MR) is 56.2 cm³/mol. The van der Waals surface area contributed by atoms with Crippen LogP contribution in [0.25, 0.3) is 0 Å². The largest absolute Gasteiger partial charge is 0.377 e. The highest BCUT2D eigenvalue weighted by Gasteiger charge is 2.04. The van der Waals surface area contributed by atoms with Crippen molar-refractivity contribution in [3.8, 4) is 0 Å². The van der Waals surface area contributed by atoms with Crippen LogP contribution in [-0.4, -0.2) is 15.2 Å². The minimum absolute atomic E-state index is 0.800. The van der Waals surface area contributed by atoms with Gasteiger partial charge in [0.05, 0.1) is 23.6 Å². The average molecular weight is 190 g/mol. The van der Waals surface area contributed by atoms with E-state index < -0.39 is 0 Å². The third-order valence-electron chi connectivity index (χ3n) is 2.25. The zero-order valence-electron chi connectivity index (χ0n) is 8.39. The maximum absolute atomic E-state index is 4.12. The molecule has 2 rings (SSSR count). The maximum Gasteiger partial charge on any atom is 0.0825 e. The summed E-state index contributed by atoms with van der Waals surface area (Å²) in [4.78, 5) is 3.15. The number of nitrogens with zero attached hydrogens (tertiary/aromatic N) is 1. The molecule has 2 heterocycles. The molecule has 0 spiro atoms. The molecular weight excluding hydrogens is 176 g/mol. The lowest BCUT2D eigenvalue weighted by molar-refractivity contribution is 1.02. The molecule has 0 saturated carbocycles. The van der Waals surface area contributed by atoms with Crippen LogP contribution in [0.4, 0.5) is 5.69 Å². The summed E-state index contributed by atoms with van der Waals surface area (Å²) in [5.74, 6) is 0. The van der Waals surface area contributed by atoms with E-state index in [1.807, 2.05) is 26.1 Å². The van der Waals surface area contributed by atoms with Gasteiger partial charge in [-0.15, -0.1) is 0 Å². The molecule has 3 N–H and O–H groups in total. The van der Waals surface area contributed by atoms with Gasteiger partial charge in [0.1, 0.15) is 0 Å². The number of H-pyrrole nitrogens is 2. The molecule has 0 fully saturated rings. The number of hydrogen-bond donors (Lipinski definition) is 3. The van der Waals surface area contributed by atoms with Gasteiger partial charge in [-0.3, -0.25) is 5.10 Å². The summed E-state index contributed by atoms with van der Waals surface area (Å²) < 4.78 is 0. The molecule has 0 unspecified atom stereocenters. The molecule has 74 valence electrons. The molecule has 0 atom stereocenters. The third-order valence-corrected chi connectivity index (χ3v) is 2.25. The first-order chi connectivity index (χ1) is 6.77. The van der Waals surface area contributed by atoms with E-state index in [2.05, 4.69) is 26.6 Å². The summed E-state index contributed by atoms with van der Waals surface area (Å²) in [7, 11) is 0. The normalized spacial score (nSPS) is 10.4. The van der Waals surface area contributed by atoms with Crippen LogP contribution < -0.4 is 5.32 Å². The molecule has 14 heavy (non-hydrogen) atoms. The number of rotatable bonds is 3. The predicted octanol–water partition coefficient (Wildman–Crippen LogP) is 1.97. The van der Waals surface area contributed by atoms with Gasteiger partial charge in [-0.1, -0.05) is 0 Å². The van der Waals surface area contributed by atoms with E-state index in [9.17, 15) is 0 Å². The summed E-state index contributed by atoms with van der Waals surface area (Å²) in [5, 5.41) is 10.4. The van der Waals surface area contributed by atoms with Gasteiger partial charge in [-0.25, -0.2) is 0 Å². The summed E-state index contributed by atoms with van der Waals surface area (Å²) in [6.45, 7) is 4.80. The van der Waals surface area contributed by atoms with Gasteiger partial charge in [-0.05, 0) is 26.0 Å². The quantitative estimate of drug-likeness (QED) is 0.693. The number of aromatic nitrogens is 3. The fraction of sp³-hybridized carbons (Fsp3) is 0.300. The SMILES string of the molecule is Cc1n[nH]c(C)c1NCc1ccc[nH]1. The van der Waals surface area contributed by atoms with Crippen LogP contribution in [0.5, 0.6) is 0 Å². The van der Waals surface area contributed by atoms with E-state index in [4.69, 9.17) is 0 Å². The Hall–Kier alpha value is -1.71. The van der Waals surface area contributed by atoms with Gasteiger partial charge in [0, 0.05) is 11.9 Å². The van der Waals surface area contributed by atoms with Gasteiger partial charge >= 0.3 is 0 Å². The Labute approximate surface area is 82.7 Å². The molecule has 0 saturated heterocycles. The third kappa shape index (κ3) is 1.64. The summed E-state index contributed by atoms with van der Waals surface area (Å²) >= 11 is 0. The van der Waals surface area contributed by atoms with E-state index >= 15 is 0 Å². The van der Waals surface area contributed by atoms with Gasteiger partial charge in [0.2, 0.25) is 0 Å². The second-order valence-corrected chi connectivity index (χ2v) is 3.36. The van der Waals surface area contributed by atoms with Crippen LogP contribution in [0, 0.1) is 13.8 Å². The van der Waals surface area contributed by atoms with E-state index in [0.717, 1.165) is 23.6 Å². The zero-order valence-corrected chi connectivity index (χ0v) is 8.39. The first-order valence-electron chi connectivity index (χ1n) is 4.65. The topological polar surface area (TPSA) is 56.5 Å². The highest BCUT2D eigenvalue weighted by Crippen LogP contribution is 2.16. The Kier molecular flexibility index (Phi) is 2.26. The molecule has 2 aromatic rings. The fourth-order valence-corrected chi connectivity index (χ4v) is 1.47. The minimum atomic E-state index is 0.800. The molecular formula is C10H14N4. The van der Waals surface area contributed by atoms with Crippen LogP contribution >= 0.6 is 0 Å². The Bertz CT molecular complexity index is 380. The molecule has 0 aliphatic rings. The zero-order chi connectivity index (χ0) is 9.97. The van der Waals surface area contributed by atoms with E-state index in [0.29, 0.717) is 0 Å². The molecule has 4 nitrogen and oxygen atoms in total. The van der Waals surface area contributed by atoms with Crippen LogP contribution in [0.15, 0.2) is 18.3 Å². The van der Waals surface area contributed by atoms with Crippen molar-refractivity contribution >= 4 is 5.69 Å². The van der Waals surface area contributed by atoms with Crippen LogP contribution in [0.3, 0.4) is 0 Å². The van der Waals surface area contributed by atoms with Crippen LogP contribution in [0.2, 0.25) is 0 Å². The molecule has 2 aromatic heterocycles. The summed E-state index contributed by atoms with van der Waals surface area (Å²) in [6.07, 6.45) is 1.92. The molecule has 4 heteroatoms. The highest BCUT2D eigenvalue weighted by molar-refractivity contribution is 5.51. The van der Waals surface area contributed by atoms with Gasteiger partial charge in [0.15, 0.2) is 0 Å². The number of anilines is 1. The summed E-state index contributed by atoms with van der Waals surface area (Å²) in [6, 6.07) is 4.05. The van der Waals surface area contributed by atoms with Crippen molar-refractivity contribution in [1.82, 2.24) is 15.2 Å². The Morgan fingerprint density at radius 3 is 2.86 bits per heavy atom. The Morgan fingerprint density at radius 1 is 1.43 bits per heavy atom. The highest BCUT2D eigenvalue weighted by atomic mass is 15.1. The molecule has 0 aromatic carbocycles. The maximum atomic E-state index is 4.12. The number of aromatic amines is 2. The van der Waals surface area contributed by atoms with Gasteiger partial charge < -0.3 is 10.3 Å². The van der Waals surface area contributed by atoms with Crippen molar-refractivity contribution in [2.45, 2.75) is 20.4 Å². The smallest absolute Gasteiger partial charge is 0.0825 e. The van der Waals surface area contributed by atoms with Gasteiger partial charge in [0.25, 0.3) is 0 Å². The number of nitrogens with one attached hydrogen (secondary N) is 3. The van der Waals surface area contributed by atoms with E-state index in [1.54, 1.807) is 0 Å². The van der Waals surface area contributed by atoms with Crippen LogP contribution in [-0.2, 0) is 6.54 Å². The number of hydrogen-bond acceptors (Lipinski definition) is 2. The van der Waals surface area contributed by atoms with Crippen molar-refractivity contribution < 1.29 is 0 Å². The molecule has 0 aliphatic heterocycles. The average Bonchev–Trinajstić information content (AvgIpc) is 2.76. The van der Waals surface area contributed by atoms with Crippen molar-refractivity contribution in [1.29, 1.82) is 0 Å². The lowest BCUT2D eigenvalue weighted by Gasteiger charge is -2.04. The lowest BCUT2D eigenvalue weighted by atomic mass is 10.3. The van der Waals surface area contributed by atoms with Crippen molar-refractivity contribution in [3.05, 3.63) is 35.4 Å². The van der Waals surface area contributed by atoms with Crippen molar-refractivity contribution in [2.24, 2.45) is 0 Å².